The Morgan fingerprint density at radius 3 is 2.36 bits per heavy atom. The van der Waals surface area contributed by atoms with Crippen LogP contribution < -0.4 is 10.6 Å². The Morgan fingerprint density at radius 2 is 1.64 bits per heavy atom. The number of aryl methyl sites for hydroxylation is 1. The summed E-state index contributed by atoms with van der Waals surface area (Å²) >= 11 is 0. The molecule has 0 aliphatic heterocycles. The maximum atomic E-state index is 13.7. The van der Waals surface area contributed by atoms with E-state index in [4.69, 9.17) is 0 Å². The summed E-state index contributed by atoms with van der Waals surface area (Å²) in [7, 11) is 0. The lowest BCUT2D eigenvalue weighted by atomic mass is 10.1. The SMILES string of the molecule is Cc1nc(NCCc2ccccc2F)cc(C(=O)Nc2c(F)cccc2F)n1. The molecule has 1 aromatic heterocycles. The Morgan fingerprint density at radius 1 is 0.964 bits per heavy atom. The minimum absolute atomic E-state index is 0.0523. The van der Waals surface area contributed by atoms with Crippen molar-refractivity contribution in [3.63, 3.8) is 0 Å². The van der Waals surface area contributed by atoms with Crippen molar-refractivity contribution >= 4 is 17.4 Å². The number of halogens is 3. The van der Waals surface area contributed by atoms with Crippen LogP contribution in [0.3, 0.4) is 0 Å². The minimum atomic E-state index is -0.887. The van der Waals surface area contributed by atoms with Crippen LogP contribution in [0, 0.1) is 24.4 Å². The topological polar surface area (TPSA) is 66.9 Å². The lowest BCUT2D eigenvalue weighted by molar-refractivity contribution is 0.102. The zero-order chi connectivity index (χ0) is 20.1. The molecule has 0 saturated carbocycles. The van der Waals surface area contributed by atoms with Crippen LogP contribution in [-0.2, 0) is 6.42 Å². The first-order chi connectivity index (χ1) is 13.4. The van der Waals surface area contributed by atoms with E-state index in [1.165, 1.54) is 18.2 Å². The Kier molecular flexibility index (Phi) is 5.88. The summed E-state index contributed by atoms with van der Waals surface area (Å²) in [6.45, 7) is 1.96. The summed E-state index contributed by atoms with van der Waals surface area (Å²) in [5.74, 6) is -2.19. The first kappa shape index (κ1) is 19.3. The first-order valence-corrected chi connectivity index (χ1v) is 8.52. The van der Waals surface area contributed by atoms with Crippen molar-refractivity contribution in [1.82, 2.24) is 9.97 Å². The average molecular weight is 386 g/mol. The van der Waals surface area contributed by atoms with Crippen molar-refractivity contribution in [1.29, 1.82) is 0 Å². The van der Waals surface area contributed by atoms with E-state index in [1.807, 2.05) is 0 Å². The van der Waals surface area contributed by atoms with E-state index in [0.717, 1.165) is 12.1 Å². The standard InChI is InChI=1S/C20H17F3N4O/c1-12-25-17(20(28)27-19-15(22)7-4-8-16(19)23)11-18(26-12)24-10-9-13-5-2-3-6-14(13)21/h2-8,11H,9-10H2,1H3,(H,27,28)(H,24,25,26). The predicted octanol–water partition coefficient (Wildman–Crippen LogP) is 4.11. The van der Waals surface area contributed by atoms with Gasteiger partial charge in [-0.15, -0.1) is 0 Å². The number of nitrogens with zero attached hydrogens (tertiary/aromatic N) is 2. The third-order valence-corrected chi connectivity index (χ3v) is 3.93. The van der Waals surface area contributed by atoms with Gasteiger partial charge in [0, 0.05) is 12.6 Å². The van der Waals surface area contributed by atoms with Gasteiger partial charge in [-0.2, -0.15) is 0 Å². The Bertz CT molecular complexity index is 990. The molecule has 2 N–H and O–H groups in total. The van der Waals surface area contributed by atoms with Gasteiger partial charge in [-0.25, -0.2) is 23.1 Å². The number of hydrogen-bond donors (Lipinski definition) is 2. The number of hydrogen-bond acceptors (Lipinski definition) is 4. The summed E-state index contributed by atoms with van der Waals surface area (Å²) < 4.78 is 41.1. The number of amides is 1. The molecule has 3 aromatic rings. The summed E-state index contributed by atoms with van der Waals surface area (Å²) in [6.07, 6.45) is 0.414. The van der Waals surface area contributed by atoms with Gasteiger partial charge in [-0.05, 0) is 37.1 Å². The second-order valence-corrected chi connectivity index (χ2v) is 6.00. The molecule has 0 bridgehead atoms. The Hall–Kier alpha value is -3.42. The quantitative estimate of drug-likeness (QED) is 0.669. The van der Waals surface area contributed by atoms with Gasteiger partial charge in [0.05, 0.1) is 0 Å². The highest BCUT2D eigenvalue weighted by atomic mass is 19.1. The number of carbonyl (C=O) groups is 1. The number of aromatic nitrogens is 2. The molecule has 0 aliphatic rings. The third-order valence-electron chi connectivity index (χ3n) is 3.93. The van der Waals surface area contributed by atoms with Crippen LogP contribution in [0.2, 0.25) is 0 Å². The number of carbonyl (C=O) groups excluding carboxylic acids is 1. The van der Waals surface area contributed by atoms with E-state index in [1.54, 1.807) is 25.1 Å². The highest BCUT2D eigenvalue weighted by molar-refractivity contribution is 6.03. The van der Waals surface area contributed by atoms with E-state index in [0.29, 0.717) is 30.2 Å². The second-order valence-electron chi connectivity index (χ2n) is 6.00. The molecule has 0 atom stereocenters. The van der Waals surface area contributed by atoms with E-state index in [-0.39, 0.29) is 11.5 Å². The Balaban J connectivity index is 1.70. The molecule has 0 unspecified atom stereocenters. The molecule has 28 heavy (non-hydrogen) atoms. The van der Waals surface area contributed by atoms with Crippen molar-refractivity contribution in [3.05, 3.63) is 83.1 Å². The van der Waals surface area contributed by atoms with Gasteiger partial charge in [0.25, 0.3) is 5.91 Å². The van der Waals surface area contributed by atoms with Gasteiger partial charge in [0.15, 0.2) is 0 Å². The molecule has 0 spiro atoms. The van der Waals surface area contributed by atoms with Crippen LogP contribution in [0.1, 0.15) is 21.9 Å². The monoisotopic (exact) mass is 386 g/mol. The number of rotatable bonds is 6. The van der Waals surface area contributed by atoms with Gasteiger partial charge < -0.3 is 10.6 Å². The molecule has 1 amide bonds. The van der Waals surface area contributed by atoms with Crippen molar-refractivity contribution in [3.8, 4) is 0 Å². The molecule has 1 heterocycles. The average Bonchev–Trinajstić information content (AvgIpc) is 2.66. The molecule has 3 rings (SSSR count). The number of benzene rings is 2. The number of anilines is 2. The normalized spacial score (nSPS) is 10.6. The molecule has 8 heteroatoms. The summed E-state index contributed by atoms with van der Waals surface area (Å²) in [5, 5.41) is 5.18. The van der Waals surface area contributed by atoms with Crippen molar-refractivity contribution in [2.45, 2.75) is 13.3 Å². The lowest BCUT2D eigenvalue weighted by Gasteiger charge is -2.10. The van der Waals surface area contributed by atoms with Gasteiger partial charge in [-0.1, -0.05) is 24.3 Å². The highest BCUT2D eigenvalue weighted by Gasteiger charge is 2.16. The fourth-order valence-corrected chi connectivity index (χ4v) is 2.60. The molecule has 0 fully saturated rings. The van der Waals surface area contributed by atoms with Crippen LogP contribution in [0.15, 0.2) is 48.5 Å². The Labute approximate surface area is 159 Å². The molecule has 0 saturated heterocycles. The fraction of sp³-hybridized carbons (Fsp3) is 0.150. The van der Waals surface area contributed by atoms with Crippen LogP contribution in [0.5, 0.6) is 0 Å². The fourth-order valence-electron chi connectivity index (χ4n) is 2.60. The molecule has 0 radical (unpaired) electrons. The maximum Gasteiger partial charge on any atom is 0.274 e. The molecular formula is C20H17F3N4O. The molecular weight excluding hydrogens is 369 g/mol. The van der Waals surface area contributed by atoms with Crippen LogP contribution in [-0.4, -0.2) is 22.4 Å². The van der Waals surface area contributed by atoms with Crippen molar-refractivity contribution < 1.29 is 18.0 Å². The van der Waals surface area contributed by atoms with Crippen molar-refractivity contribution in [2.75, 3.05) is 17.2 Å². The smallest absolute Gasteiger partial charge is 0.274 e. The molecule has 5 nitrogen and oxygen atoms in total. The first-order valence-electron chi connectivity index (χ1n) is 8.52. The summed E-state index contributed by atoms with van der Waals surface area (Å²) in [6, 6.07) is 11.1. The zero-order valence-electron chi connectivity index (χ0n) is 15.0. The maximum absolute atomic E-state index is 13.7. The van der Waals surface area contributed by atoms with Gasteiger partial charge in [0.1, 0.15) is 40.5 Å². The van der Waals surface area contributed by atoms with Crippen LogP contribution in [0.4, 0.5) is 24.7 Å². The third kappa shape index (κ3) is 4.64. The number of nitrogens with one attached hydrogen (secondary N) is 2. The summed E-state index contributed by atoms with van der Waals surface area (Å²) in [5.41, 5.74) is -0.0462. The largest absolute Gasteiger partial charge is 0.370 e. The highest BCUT2D eigenvalue weighted by Crippen LogP contribution is 2.19. The summed E-state index contributed by atoms with van der Waals surface area (Å²) in [4.78, 5) is 20.5. The predicted molar refractivity (Wildman–Crippen MR) is 99.7 cm³/mol. The molecule has 2 aromatic carbocycles. The number of para-hydroxylation sites is 1. The van der Waals surface area contributed by atoms with Crippen molar-refractivity contribution in [2.24, 2.45) is 0 Å². The van der Waals surface area contributed by atoms with E-state index in [2.05, 4.69) is 20.6 Å². The van der Waals surface area contributed by atoms with Gasteiger partial charge in [0.2, 0.25) is 0 Å². The van der Waals surface area contributed by atoms with E-state index < -0.39 is 23.2 Å². The van der Waals surface area contributed by atoms with E-state index >= 15 is 0 Å². The second kappa shape index (κ2) is 8.51. The zero-order valence-corrected chi connectivity index (χ0v) is 15.0. The van der Waals surface area contributed by atoms with Crippen LogP contribution in [0.25, 0.3) is 0 Å². The van der Waals surface area contributed by atoms with E-state index in [9.17, 15) is 18.0 Å². The molecule has 144 valence electrons. The van der Waals surface area contributed by atoms with Gasteiger partial charge >= 0.3 is 0 Å². The van der Waals surface area contributed by atoms with Crippen LogP contribution >= 0.6 is 0 Å². The van der Waals surface area contributed by atoms with Gasteiger partial charge in [-0.3, -0.25) is 4.79 Å². The molecule has 0 aliphatic carbocycles. The minimum Gasteiger partial charge on any atom is -0.370 e. The lowest BCUT2D eigenvalue weighted by Crippen LogP contribution is -2.18.